The van der Waals surface area contributed by atoms with E-state index in [-0.39, 0.29) is 6.04 Å². The van der Waals surface area contributed by atoms with Gasteiger partial charge in [-0.25, -0.2) is 0 Å². The van der Waals surface area contributed by atoms with E-state index in [1.807, 2.05) is 13.8 Å². The zero-order valence-corrected chi connectivity index (χ0v) is 8.77. The summed E-state index contributed by atoms with van der Waals surface area (Å²) in [7, 11) is 0. The van der Waals surface area contributed by atoms with Crippen LogP contribution in [0.25, 0.3) is 0 Å². The number of likely N-dealkylation sites (tertiary alicyclic amines) is 1. The largest absolute Gasteiger partial charge is 0.401 e. The van der Waals surface area contributed by atoms with Crippen LogP contribution in [-0.2, 0) is 0 Å². The summed E-state index contributed by atoms with van der Waals surface area (Å²) in [5.74, 6) is 0.317. The molecule has 0 bridgehead atoms. The molecule has 0 aliphatic carbocycles. The maximum absolute atomic E-state index is 12.2. The molecule has 0 N–H and O–H groups in total. The number of rotatable bonds is 2. The highest BCUT2D eigenvalue weighted by atomic mass is 19.4. The molecule has 1 nitrogen and oxygen atoms in total. The van der Waals surface area contributed by atoms with Crippen LogP contribution >= 0.6 is 0 Å². The monoisotopic (exact) mass is 209 g/mol. The fraction of sp³-hybridized carbons (Fsp3) is 1.00. The van der Waals surface area contributed by atoms with Crippen LogP contribution in [0.1, 0.15) is 33.1 Å². The maximum atomic E-state index is 12.2. The van der Waals surface area contributed by atoms with Crippen molar-refractivity contribution in [3.63, 3.8) is 0 Å². The molecule has 1 atom stereocenters. The number of piperidine rings is 1. The minimum absolute atomic E-state index is 0.116. The Balaban J connectivity index is 2.54. The lowest BCUT2D eigenvalue weighted by Gasteiger charge is -2.38. The summed E-state index contributed by atoms with van der Waals surface area (Å²) in [5.41, 5.74) is 0. The Morgan fingerprint density at radius 3 is 2.43 bits per heavy atom. The Morgan fingerprint density at radius 1 is 1.29 bits per heavy atom. The Labute approximate surface area is 83.3 Å². The second-order valence-electron chi connectivity index (χ2n) is 4.39. The van der Waals surface area contributed by atoms with E-state index in [1.165, 1.54) is 0 Å². The zero-order chi connectivity index (χ0) is 10.8. The van der Waals surface area contributed by atoms with Gasteiger partial charge in [0.25, 0.3) is 0 Å². The van der Waals surface area contributed by atoms with E-state index in [9.17, 15) is 13.2 Å². The van der Waals surface area contributed by atoms with Crippen molar-refractivity contribution in [3.05, 3.63) is 0 Å². The summed E-state index contributed by atoms with van der Waals surface area (Å²) in [6.45, 7) is 3.86. The molecule has 1 rings (SSSR count). The van der Waals surface area contributed by atoms with Crippen LogP contribution in [-0.4, -0.2) is 30.2 Å². The highest BCUT2D eigenvalue weighted by Gasteiger charge is 2.35. The number of alkyl halides is 3. The quantitative estimate of drug-likeness (QED) is 0.675. The first-order valence-corrected chi connectivity index (χ1v) is 5.21. The van der Waals surface area contributed by atoms with Gasteiger partial charge in [0.2, 0.25) is 0 Å². The van der Waals surface area contributed by atoms with E-state index in [1.54, 1.807) is 4.90 Å². The van der Waals surface area contributed by atoms with Crippen LogP contribution < -0.4 is 0 Å². The van der Waals surface area contributed by atoms with Crippen molar-refractivity contribution in [2.45, 2.75) is 45.3 Å². The van der Waals surface area contributed by atoms with Gasteiger partial charge in [-0.3, -0.25) is 4.90 Å². The van der Waals surface area contributed by atoms with Gasteiger partial charge < -0.3 is 0 Å². The SMILES string of the molecule is CC(C)[C@@H]1CCCCN1CC(F)(F)F. The third-order valence-electron chi connectivity index (χ3n) is 2.82. The Hall–Kier alpha value is -0.250. The summed E-state index contributed by atoms with van der Waals surface area (Å²) in [4.78, 5) is 1.59. The average Bonchev–Trinajstić information content (AvgIpc) is 2.01. The number of halogens is 3. The Morgan fingerprint density at radius 2 is 1.93 bits per heavy atom. The first-order chi connectivity index (χ1) is 6.40. The fourth-order valence-corrected chi connectivity index (χ4v) is 2.20. The van der Waals surface area contributed by atoms with Crippen LogP contribution in [0.3, 0.4) is 0 Å². The van der Waals surface area contributed by atoms with E-state index in [4.69, 9.17) is 0 Å². The molecule has 0 aromatic rings. The molecule has 1 aliphatic heterocycles. The molecule has 1 fully saturated rings. The van der Waals surface area contributed by atoms with Gasteiger partial charge >= 0.3 is 6.18 Å². The lowest BCUT2D eigenvalue weighted by atomic mass is 9.93. The molecule has 14 heavy (non-hydrogen) atoms. The lowest BCUT2D eigenvalue weighted by Crippen LogP contribution is -2.47. The molecule has 1 aliphatic rings. The molecule has 0 unspecified atom stereocenters. The van der Waals surface area contributed by atoms with Crippen LogP contribution in [0.5, 0.6) is 0 Å². The van der Waals surface area contributed by atoms with Crippen molar-refractivity contribution in [2.24, 2.45) is 5.92 Å². The molecule has 0 spiro atoms. The highest BCUT2D eigenvalue weighted by molar-refractivity contribution is 4.80. The van der Waals surface area contributed by atoms with Crippen molar-refractivity contribution >= 4 is 0 Å². The standard InChI is InChI=1S/C10H18F3N/c1-8(2)9-5-3-4-6-14(9)7-10(11,12)13/h8-9H,3-7H2,1-2H3/t9-/m0/s1. The minimum Gasteiger partial charge on any atom is -0.292 e. The van der Waals surface area contributed by atoms with Gasteiger partial charge in [-0.05, 0) is 25.3 Å². The molecule has 84 valence electrons. The van der Waals surface area contributed by atoms with Gasteiger partial charge in [0.05, 0.1) is 6.54 Å². The van der Waals surface area contributed by atoms with Gasteiger partial charge in [-0.15, -0.1) is 0 Å². The van der Waals surface area contributed by atoms with Crippen LogP contribution in [0.15, 0.2) is 0 Å². The van der Waals surface area contributed by atoms with Gasteiger partial charge in [-0.1, -0.05) is 20.3 Å². The smallest absolute Gasteiger partial charge is 0.292 e. The second kappa shape index (κ2) is 4.51. The van der Waals surface area contributed by atoms with Crippen molar-refractivity contribution in [3.8, 4) is 0 Å². The lowest BCUT2D eigenvalue weighted by molar-refractivity contribution is -0.155. The summed E-state index contributed by atoms with van der Waals surface area (Å²) in [5, 5.41) is 0. The summed E-state index contributed by atoms with van der Waals surface area (Å²) in [6.07, 6.45) is -1.17. The van der Waals surface area contributed by atoms with Crippen LogP contribution in [0.2, 0.25) is 0 Å². The summed E-state index contributed by atoms with van der Waals surface area (Å²) in [6, 6.07) is 0.116. The number of nitrogens with zero attached hydrogens (tertiary/aromatic N) is 1. The van der Waals surface area contributed by atoms with Gasteiger partial charge in [0, 0.05) is 6.04 Å². The molecule has 0 aromatic heterocycles. The first kappa shape index (κ1) is 11.8. The minimum atomic E-state index is -4.05. The molecule has 0 saturated carbocycles. The summed E-state index contributed by atoms with van der Waals surface area (Å²) >= 11 is 0. The third kappa shape index (κ3) is 3.48. The van der Waals surface area contributed by atoms with Gasteiger partial charge in [0.15, 0.2) is 0 Å². The van der Waals surface area contributed by atoms with Crippen molar-refractivity contribution in [1.82, 2.24) is 4.90 Å². The maximum Gasteiger partial charge on any atom is 0.401 e. The van der Waals surface area contributed by atoms with E-state index >= 15 is 0 Å². The normalized spacial score (nSPS) is 25.7. The first-order valence-electron chi connectivity index (χ1n) is 5.21. The molecule has 1 heterocycles. The van der Waals surface area contributed by atoms with E-state index in [0.717, 1.165) is 19.3 Å². The Bertz CT molecular complexity index is 177. The van der Waals surface area contributed by atoms with E-state index in [0.29, 0.717) is 12.5 Å². The van der Waals surface area contributed by atoms with Crippen molar-refractivity contribution < 1.29 is 13.2 Å². The van der Waals surface area contributed by atoms with Crippen molar-refractivity contribution in [1.29, 1.82) is 0 Å². The predicted octanol–water partition coefficient (Wildman–Crippen LogP) is 3.06. The molecule has 0 amide bonds. The molecular weight excluding hydrogens is 191 g/mol. The van der Waals surface area contributed by atoms with Crippen LogP contribution in [0.4, 0.5) is 13.2 Å². The second-order valence-corrected chi connectivity index (χ2v) is 4.39. The fourth-order valence-electron chi connectivity index (χ4n) is 2.20. The predicted molar refractivity (Wildman–Crippen MR) is 50.1 cm³/mol. The van der Waals surface area contributed by atoms with E-state index in [2.05, 4.69) is 0 Å². The Kier molecular flexibility index (Phi) is 3.81. The molecule has 0 aromatic carbocycles. The summed E-state index contributed by atoms with van der Waals surface area (Å²) < 4.78 is 36.7. The molecule has 0 radical (unpaired) electrons. The van der Waals surface area contributed by atoms with E-state index < -0.39 is 12.7 Å². The molecule has 4 heteroatoms. The topological polar surface area (TPSA) is 3.24 Å². The average molecular weight is 209 g/mol. The van der Waals surface area contributed by atoms with Crippen LogP contribution in [0, 0.1) is 5.92 Å². The van der Waals surface area contributed by atoms with Gasteiger partial charge in [0.1, 0.15) is 0 Å². The third-order valence-corrected chi connectivity index (χ3v) is 2.82. The zero-order valence-electron chi connectivity index (χ0n) is 8.77. The van der Waals surface area contributed by atoms with Crippen molar-refractivity contribution in [2.75, 3.05) is 13.1 Å². The molecule has 1 saturated heterocycles. The highest BCUT2D eigenvalue weighted by Crippen LogP contribution is 2.27. The molecular formula is C10H18F3N. The van der Waals surface area contributed by atoms with Gasteiger partial charge in [-0.2, -0.15) is 13.2 Å². The number of hydrogen-bond donors (Lipinski definition) is 0. The number of hydrogen-bond acceptors (Lipinski definition) is 1.